The normalized spacial score (nSPS) is 31.2. The highest BCUT2D eigenvalue weighted by molar-refractivity contribution is 6.32. The number of hydrogen-bond acceptors (Lipinski definition) is 8. The number of alkyl halides is 1. The summed E-state index contributed by atoms with van der Waals surface area (Å²) in [5.41, 5.74) is 0.685. The Balaban J connectivity index is 1.21. The van der Waals surface area contributed by atoms with Gasteiger partial charge in [0.2, 0.25) is 5.88 Å². The average Bonchev–Trinajstić information content (AvgIpc) is 3.58. The van der Waals surface area contributed by atoms with E-state index in [9.17, 15) is 8.78 Å². The van der Waals surface area contributed by atoms with Crippen molar-refractivity contribution < 1.29 is 22.6 Å². The number of aromatic nitrogens is 3. The SMILES string of the molecule is Fc1ccc(-c2nc3c4c(nc(OC[C@@]56CCCN5C[C@H](F)C6)nc4c2F)N2C[C@@H]4CC[C@@H](N4)[C@H]2CO3)c(C2CC2)c1Cl. The third kappa shape index (κ3) is 4.06. The molecule has 0 amide bonds. The maximum atomic E-state index is 16.8. The van der Waals surface area contributed by atoms with E-state index in [0.29, 0.717) is 54.5 Å². The summed E-state index contributed by atoms with van der Waals surface area (Å²) in [4.78, 5) is 18.6. The number of fused-ring (bicyclic) bond motifs is 6. The van der Waals surface area contributed by atoms with Gasteiger partial charge in [-0.2, -0.15) is 9.97 Å². The highest BCUT2D eigenvalue weighted by atomic mass is 35.5. The molecule has 226 valence electrons. The lowest BCUT2D eigenvalue weighted by atomic mass is 9.95. The molecule has 2 bridgehead atoms. The number of rotatable bonds is 5. The topological polar surface area (TPSA) is 75.6 Å². The fraction of sp³-hybridized carbons (Fsp3) is 0.581. The van der Waals surface area contributed by atoms with E-state index >= 15 is 4.39 Å². The molecular formula is C31H32ClF3N6O2. The molecule has 1 aromatic carbocycles. The van der Waals surface area contributed by atoms with E-state index in [0.717, 1.165) is 45.1 Å². The largest absolute Gasteiger partial charge is 0.475 e. The first-order valence-corrected chi connectivity index (χ1v) is 15.8. The standard InChI is InChI=1S/C31H32ClF3N6O2/c32-24-19(34)6-5-18(22(24)15-2-3-15)26-25(35)27-23-28(41-12-17-4-7-20(36-17)21(41)13-42-29(23)37-26)39-30(38-27)43-14-31-8-1-9-40(31)11-16(33)10-31/h5-6,15-17,20-21,36H,1-4,7-14H2/t16-,17+,20-,21-,31+/m1/s1. The highest BCUT2D eigenvalue weighted by Gasteiger charge is 2.50. The van der Waals surface area contributed by atoms with E-state index in [2.05, 4.69) is 20.1 Å². The Bertz CT molecular complexity index is 1660. The van der Waals surface area contributed by atoms with Gasteiger partial charge in [-0.25, -0.2) is 18.2 Å². The van der Waals surface area contributed by atoms with E-state index < -0.39 is 23.3 Å². The fourth-order valence-electron chi connectivity index (χ4n) is 8.35. The number of piperazine rings is 1. The molecule has 0 unspecified atom stereocenters. The number of halogens is 4. The number of hydrogen-bond donors (Lipinski definition) is 1. The quantitative estimate of drug-likeness (QED) is 0.424. The molecule has 5 aliphatic heterocycles. The van der Waals surface area contributed by atoms with Crippen molar-refractivity contribution >= 4 is 28.3 Å². The van der Waals surface area contributed by atoms with Crippen LogP contribution in [0, 0.1) is 11.6 Å². The van der Waals surface area contributed by atoms with E-state index in [1.807, 2.05) is 0 Å². The van der Waals surface area contributed by atoms with Crippen LogP contribution in [0.3, 0.4) is 0 Å². The molecule has 5 fully saturated rings. The third-order valence-corrected chi connectivity index (χ3v) is 10.9. The van der Waals surface area contributed by atoms with Crippen molar-refractivity contribution in [2.45, 2.75) is 80.7 Å². The smallest absolute Gasteiger partial charge is 0.319 e. The predicted molar refractivity (Wildman–Crippen MR) is 155 cm³/mol. The molecule has 3 aromatic rings. The van der Waals surface area contributed by atoms with Crippen molar-refractivity contribution in [3.8, 4) is 23.1 Å². The van der Waals surface area contributed by atoms with Crippen molar-refractivity contribution in [3.63, 3.8) is 0 Å². The first-order chi connectivity index (χ1) is 20.9. The zero-order valence-corrected chi connectivity index (χ0v) is 24.3. The molecule has 12 heteroatoms. The summed E-state index contributed by atoms with van der Waals surface area (Å²) in [5.74, 6) is -0.348. The first kappa shape index (κ1) is 26.5. The zero-order chi connectivity index (χ0) is 29.0. The molecule has 2 aromatic heterocycles. The van der Waals surface area contributed by atoms with Crippen molar-refractivity contribution in [1.29, 1.82) is 0 Å². The maximum absolute atomic E-state index is 16.8. The zero-order valence-electron chi connectivity index (χ0n) is 23.6. The monoisotopic (exact) mass is 612 g/mol. The van der Waals surface area contributed by atoms with Gasteiger partial charge in [0.05, 0.1) is 16.6 Å². The van der Waals surface area contributed by atoms with E-state index in [1.54, 1.807) is 6.07 Å². The van der Waals surface area contributed by atoms with Gasteiger partial charge in [-0.1, -0.05) is 11.6 Å². The molecule has 5 atom stereocenters. The summed E-state index contributed by atoms with van der Waals surface area (Å²) >= 11 is 6.45. The van der Waals surface area contributed by atoms with Crippen LogP contribution in [0.1, 0.15) is 56.4 Å². The number of anilines is 1. The Labute approximate surface area is 251 Å². The number of benzene rings is 1. The van der Waals surface area contributed by atoms with Gasteiger partial charge in [0, 0.05) is 37.2 Å². The van der Waals surface area contributed by atoms with Crippen molar-refractivity contribution in [2.24, 2.45) is 0 Å². The van der Waals surface area contributed by atoms with Gasteiger partial charge in [-0.3, -0.25) is 4.90 Å². The van der Waals surface area contributed by atoms with Gasteiger partial charge in [0.1, 0.15) is 47.6 Å². The molecule has 8 nitrogen and oxygen atoms in total. The van der Waals surface area contributed by atoms with Crippen LogP contribution in [0.2, 0.25) is 5.02 Å². The lowest BCUT2D eigenvalue weighted by Gasteiger charge is -2.40. The Morgan fingerprint density at radius 1 is 1.12 bits per heavy atom. The van der Waals surface area contributed by atoms with Crippen LogP contribution < -0.4 is 19.7 Å². The summed E-state index contributed by atoms with van der Waals surface area (Å²) in [6.07, 6.45) is 5.10. The molecule has 0 spiro atoms. The lowest BCUT2D eigenvalue weighted by molar-refractivity contribution is 0.107. The summed E-state index contributed by atoms with van der Waals surface area (Å²) in [6, 6.07) is 3.32. The molecule has 1 N–H and O–H groups in total. The first-order valence-electron chi connectivity index (χ1n) is 15.5. The molecule has 7 heterocycles. The lowest BCUT2D eigenvalue weighted by Crippen LogP contribution is -2.60. The Kier molecular flexibility index (Phi) is 5.89. The summed E-state index contributed by atoms with van der Waals surface area (Å²) < 4.78 is 58.4. The number of ether oxygens (including phenoxy) is 2. The maximum Gasteiger partial charge on any atom is 0.319 e. The van der Waals surface area contributed by atoms with Crippen LogP contribution in [0.5, 0.6) is 11.9 Å². The minimum Gasteiger partial charge on any atom is -0.475 e. The minimum absolute atomic E-state index is 0.00261. The van der Waals surface area contributed by atoms with Gasteiger partial charge in [-0.15, -0.1) is 0 Å². The van der Waals surface area contributed by atoms with Crippen LogP contribution >= 0.6 is 11.6 Å². The van der Waals surface area contributed by atoms with Gasteiger partial charge in [0.25, 0.3) is 0 Å². The Hall–Kier alpha value is -2.89. The minimum atomic E-state index is -0.892. The second-order valence-corrected chi connectivity index (χ2v) is 13.5. The molecular weight excluding hydrogens is 581 g/mol. The second-order valence-electron chi connectivity index (χ2n) is 13.2. The van der Waals surface area contributed by atoms with Gasteiger partial charge >= 0.3 is 6.01 Å². The van der Waals surface area contributed by atoms with Crippen LogP contribution in [0.4, 0.5) is 19.0 Å². The summed E-state index contributed by atoms with van der Waals surface area (Å²) in [6.45, 7) is 2.52. The van der Waals surface area contributed by atoms with Crippen molar-refractivity contribution in [3.05, 3.63) is 34.4 Å². The van der Waals surface area contributed by atoms with Crippen LogP contribution in [-0.4, -0.2) is 82.5 Å². The van der Waals surface area contributed by atoms with Gasteiger partial charge in [0.15, 0.2) is 5.82 Å². The van der Waals surface area contributed by atoms with E-state index in [4.69, 9.17) is 31.0 Å². The number of nitrogens with one attached hydrogen (secondary N) is 1. The third-order valence-electron chi connectivity index (χ3n) is 10.5. The molecule has 6 aliphatic rings. The number of nitrogens with zero attached hydrogens (tertiary/aromatic N) is 5. The fourth-order valence-corrected chi connectivity index (χ4v) is 8.67. The van der Waals surface area contributed by atoms with Crippen LogP contribution in [0.25, 0.3) is 22.2 Å². The van der Waals surface area contributed by atoms with E-state index in [-0.39, 0.29) is 52.7 Å². The molecule has 0 radical (unpaired) electrons. The van der Waals surface area contributed by atoms with E-state index in [1.165, 1.54) is 6.07 Å². The molecule has 43 heavy (non-hydrogen) atoms. The second kappa shape index (κ2) is 9.55. The Morgan fingerprint density at radius 3 is 2.86 bits per heavy atom. The van der Waals surface area contributed by atoms with Gasteiger partial charge < -0.3 is 19.7 Å². The highest BCUT2D eigenvalue weighted by Crippen LogP contribution is 2.50. The molecule has 1 aliphatic carbocycles. The van der Waals surface area contributed by atoms with Crippen molar-refractivity contribution in [1.82, 2.24) is 25.2 Å². The summed E-state index contributed by atoms with van der Waals surface area (Å²) in [5, 5.41) is 4.10. The van der Waals surface area contributed by atoms with Crippen LogP contribution in [-0.2, 0) is 0 Å². The van der Waals surface area contributed by atoms with Crippen molar-refractivity contribution in [2.75, 3.05) is 37.7 Å². The molecule has 1 saturated carbocycles. The predicted octanol–water partition coefficient (Wildman–Crippen LogP) is 5.16. The Morgan fingerprint density at radius 2 is 2.00 bits per heavy atom. The average molecular weight is 613 g/mol. The van der Waals surface area contributed by atoms with Crippen LogP contribution in [0.15, 0.2) is 12.1 Å². The molecule has 4 saturated heterocycles. The summed E-state index contributed by atoms with van der Waals surface area (Å²) in [7, 11) is 0. The number of pyridine rings is 1. The van der Waals surface area contributed by atoms with Gasteiger partial charge in [-0.05, 0) is 68.7 Å². The molecule has 9 rings (SSSR count).